The van der Waals surface area contributed by atoms with Crippen molar-refractivity contribution < 1.29 is 4.74 Å². The molecule has 0 saturated carbocycles. The highest BCUT2D eigenvalue weighted by atomic mass is 16.5. The highest BCUT2D eigenvalue weighted by molar-refractivity contribution is 5.84. The number of methoxy groups -OCH3 is 1. The molecular weight excluding hydrogens is 274 g/mol. The first-order valence-electron chi connectivity index (χ1n) is 7.66. The summed E-state index contributed by atoms with van der Waals surface area (Å²) >= 11 is 0. The van der Waals surface area contributed by atoms with Crippen LogP contribution in [-0.4, -0.2) is 31.4 Å². The fourth-order valence-corrected chi connectivity index (χ4v) is 2.69. The first kappa shape index (κ1) is 14.6. The molecule has 22 heavy (non-hydrogen) atoms. The average Bonchev–Trinajstić information content (AvgIpc) is 3.08. The summed E-state index contributed by atoms with van der Waals surface area (Å²) in [5, 5.41) is 0. The molecule has 0 amide bonds. The molecule has 4 nitrogen and oxygen atoms in total. The number of ether oxygens (including phenoxy) is 1. The third-order valence-corrected chi connectivity index (χ3v) is 4.01. The second-order valence-corrected chi connectivity index (χ2v) is 5.55. The lowest BCUT2D eigenvalue weighted by atomic mass is 10.1. The number of aliphatic imine (C=N–C) groups is 1. The first-order chi connectivity index (χ1) is 10.8. The predicted octanol–water partition coefficient (Wildman–Crippen LogP) is 3.75. The Balaban J connectivity index is 1.75. The number of anilines is 1. The molecule has 1 aromatic heterocycles. The van der Waals surface area contributed by atoms with Crippen LogP contribution < -0.4 is 9.64 Å². The molecule has 0 N–H and O–H groups in total. The van der Waals surface area contributed by atoms with E-state index in [2.05, 4.69) is 40.0 Å². The highest BCUT2D eigenvalue weighted by Gasteiger charge is 2.12. The van der Waals surface area contributed by atoms with E-state index in [1.807, 2.05) is 18.3 Å². The molecule has 0 bridgehead atoms. The Morgan fingerprint density at radius 2 is 2.00 bits per heavy atom. The Morgan fingerprint density at radius 3 is 2.64 bits per heavy atom. The molecule has 0 unspecified atom stereocenters. The van der Waals surface area contributed by atoms with Crippen LogP contribution >= 0.6 is 0 Å². The first-order valence-corrected chi connectivity index (χ1v) is 7.66. The van der Waals surface area contributed by atoms with Gasteiger partial charge in [0.15, 0.2) is 0 Å². The quantitative estimate of drug-likeness (QED) is 0.806. The van der Waals surface area contributed by atoms with Gasteiger partial charge in [-0.15, -0.1) is 0 Å². The molecule has 1 saturated heterocycles. The van der Waals surface area contributed by atoms with Crippen LogP contribution in [0.1, 0.15) is 24.0 Å². The van der Waals surface area contributed by atoms with Crippen molar-refractivity contribution in [1.82, 2.24) is 4.98 Å². The lowest BCUT2D eigenvalue weighted by molar-refractivity contribution is 0.398. The van der Waals surface area contributed by atoms with E-state index >= 15 is 0 Å². The number of nitrogens with zero attached hydrogens (tertiary/aromatic N) is 3. The lowest BCUT2D eigenvalue weighted by Gasteiger charge is -2.18. The highest BCUT2D eigenvalue weighted by Crippen LogP contribution is 2.23. The fourth-order valence-electron chi connectivity index (χ4n) is 2.69. The third kappa shape index (κ3) is 3.27. The molecule has 0 radical (unpaired) electrons. The minimum atomic E-state index is 0.602. The number of aromatic nitrogens is 1. The van der Waals surface area contributed by atoms with Gasteiger partial charge in [-0.1, -0.05) is 6.07 Å². The summed E-state index contributed by atoms with van der Waals surface area (Å²) < 4.78 is 5.05. The van der Waals surface area contributed by atoms with Crippen LogP contribution in [0.3, 0.4) is 0 Å². The van der Waals surface area contributed by atoms with Gasteiger partial charge in [-0.25, -0.2) is 4.98 Å². The van der Waals surface area contributed by atoms with E-state index in [0.717, 1.165) is 11.3 Å². The molecule has 1 aliphatic rings. The molecule has 114 valence electrons. The smallest absolute Gasteiger partial charge is 0.213 e. The third-order valence-electron chi connectivity index (χ3n) is 4.01. The maximum Gasteiger partial charge on any atom is 0.213 e. The van der Waals surface area contributed by atoms with Gasteiger partial charge in [-0.3, -0.25) is 4.99 Å². The van der Waals surface area contributed by atoms with Crippen molar-refractivity contribution in [2.24, 2.45) is 4.99 Å². The maximum absolute atomic E-state index is 5.05. The van der Waals surface area contributed by atoms with Gasteiger partial charge in [-0.2, -0.15) is 0 Å². The topological polar surface area (TPSA) is 37.7 Å². The number of hydrogen-bond donors (Lipinski definition) is 0. The van der Waals surface area contributed by atoms with Gasteiger partial charge in [-0.05, 0) is 49.1 Å². The Bertz CT molecular complexity index is 659. The number of pyridine rings is 1. The van der Waals surface area contributed by atoms with E-state index in [-0.39, 0.29) is 0 Å². The Kier molecular flexibility index (Phi) is 4.37. The normalized spacial score (nSPS) is 14.7. The average molecular weight is 295 g/mol. The zero-order chi connectivity index (χ0) is 15.4. The zero-order valence-corrected chi connectivity index (χ0v) is 13.1. The van der Waals surface area contributed by atoms with E-state index in [1.165, 1.54) is 37.2 Å². The largest absolute Gasteiger partial charge is 0.481 e. The summed E-state index contributed by atoms with van der Waals surface area (Å²) in [4.78, 5) is 11.1. The van der Waals surface area contributed by atoms with Gasteiger partial charge in [0.2, 0.25) is 5.88 Å². The van der Waals surface area contributed by atoms with E-state index in [4.69, 9.17) is 4.74 Å². The summed E-state index contributed by atoms with van der Waals surface area (Å²) in [6.45, 7) is 4.47. The molecule has 3 rings (SSSR count). The second-order valence-electron chi connectivity index (χ2n) is 5.55. The van der Waals surface area contributed by atoms with Crippen LogP contribution in [0, 0.1) is 6.92 Å². The van der Waals surface area contributed by atoms with Crippen LogP contribution in [0.25, 0.3) is 0 Å². The molecule has 0 atom stereocenters. The minimum Gasteiger partial charge on any atom is -0.481 e. The SMILES string of the molecule is COc1ccc(N=Cc2ccc(N3CCCC3)cc2C)cn1. The molecule has 1 fully saturated rings. The van der Waals surface area contributed by atoms with Crippen LogP contribution in [-0.2, 0) is 0 Å². The van der Waals surface area contributed by atoms with Crippen molar-refractivity contribution in [3.05, 3.63) is 47.7 Å². The second kappa shape index (κ2) is 6.60. The predicted molar refractivity (Wildman–Crippen MR) is 90.7 cm³/mol. The molecule has 1 aromatic carbocycles. The minimum absolute atomic E-state index is 0.602. The summed E-state index contributed by atoms with van der Waals surface area (Å²) in [7, 11) is 1.61. The van der Waals surface area contributed by atoms with Crippen molar-refractivity contribution in [3.63, 3.8) is 0 Å². The van der Waals surface area contributed by atoms with Crippen molar-refractivity contribution in [2.75, 3.05) is 25.1 Å². The monoisotopic (exact) mass is 295 g/mol. The fraction of sp³-hybridized carbons (Fsp3) is 0.333. The zero-order valence-electron chi connectivity index (χ0n) is 13.1. The van der Waals surface area contributed by atoms with Gasteiger partial charge in [0.25, 0.3) is 0 Å². The molecule has 2 aromatic rings. The van der Waals surface area contributed by atoms with Gasteiger partial charge in [0, 0.05) is 31.1 Å². The lowest BCUT2D eigenvalue weighted by Crippen LogP contribution is -2.17. The molecule has 0 spiro atoms. The van der Waals surface area contributed by atoms with Gasteiger partial charge >= 0.3 is 0 Å². The number of hydrogen-bond acceptors (Lipinski definition) is 4. The molecule has 0 aliphatic carbocycles. The molecule has 1 aliphatic heterocycles. The van der Waals surface area contributed by atoms with E-state index in [9.17, 15) is 0 Å². The van der Waals surface area contributed by atoms with Crippen molar-refractivity contribution in [2.45, 2.75) is 19.8 Å². The van der Waals surface area contributed by atoms with Crippen molar-refractivity contribution >= 4 is 17.6 Å². The summed E-state index contributed by atoms with van der Waals surface area (Å²) in [6, 6.07) is 10.3. The number of benzene rings is 1. The Hall–Kier alpha value is -2.36. The van der Waals surface area contributed by atoms with Crippen molar-refractivity contribution in [3.8, 4) is 5.88 Å². The van der Waals surface area contributed by atoms with Gasteiger partial charge in [0.1, 0.15) is 0 Å². The van der Waals surface area contributed by atoms with Crippen LogP contribution in [0.4, 0.5) is 11.4 Å². The van der Waals surface area contributed by atoms with Gasteiger partial charge < -0.3 is 9.64 Å². The van der Waals surface area contributed by atoms with E-state index < -0.39 is 0 Å². The maximum atomic E-state index is 5.05. The molecule has 4 heteroatoms. The summed E-state index contributed by atoms with van der Waals surface area (Å²) in [5.41, 5.74) is 4.52. The number of rotatable bonds is 4. The Morgan fingerprint density at radius 1 is 1.18 bits per heavy atom. The molecule has 2 heterocycles. The summed E-state index contributed by atoms with van der Waals surface area (Å²) in [6.07, 6.45) is 6.20. The number of aryl methyl sites for hydroxylation is 1. The Labute approximate surface area is 131 Å². The van der Waals surface area contributed by atoms with Crippen LogP contribution in [0.15, 0.2) is 41.5 Å². The molecular formula is C18H21N3O. The van der Waals surface area contributed by atoms with E-state index in [0.29, 0.717) is 5.88 Å². The van der Waals surface area contributed by atoms with Crippen LogP contribution in [0.5, 0.6) is 5.88 Å². The van der Waals surface area contributed by atoms with Crippen LogP contribution in [0.2, 0.25) is 0 Å². The summed E-state index contributed by atoms with van der Waals surface area (Å²) in [5.74, 6) is 0.602. The standard InChI is InChI=1S/C18H21N3O/c1-14-11-17(21-9-3-4-10-21)7-5-15(14)12-19-16-6-8-18(22-2)20-13-16/h5-8,11-13H,3-4,9-10H2,1-2H3. The van der Waals surface area contributed by atoms with E-state index in [1.54, 1.807) is 13.3 Å². The van der Waals surface area contributed by atoms with Gasteiger partial charge in [0.05, 0.1) is 19.0 Å². The van der Waals surface area contributed by atoms with Crippen molar-refractivity contribution in [1.29, 1.82) is 0 Å².